The fourth-order valence-electron chi connectivity index (χ4n) is 3.10. The molecule has 1 aromatic heterocycles. The zero-order valence-corrected chi connectivity index (χ0v) is 12.0. The van der Waals surface area contributed by atoms with Crippen LogP contribution in [0.1, 0.15) is 42.3 Å². The van der Waals surface area contributed by atoms with Crippen molar-refractivity contribution in [3.8, 4) is 0 Å². The van der Waals surface area contributed by atoms with Gasteiger partial charge in [0, 0.05) is 30.3 Å². The number of nitrogens with zero attached hydrogens (tertiary/aromatic N) is 2. The number of likely N-dealkylation sites (N-methyl/N-ethyl adjacent to an activating group) is 1. The van der Waals surface area contributed by atoms with Gasteiger partial charge in [-0.25, -0.2) is 4.98 Å². The second kappa shape index (κ2) is 5.68. The summed E-state index contributed by atoms with van der Waals surface area (Å²) in [5.41, 5.74) is 1.35. The van der Waals surface area contributed by atoms with Crippen molar-refractivity contribution in [1.82, 2.24) is 15.2 Å². The standard InChI is InChI=1S/C14H23N3S/c1-17-8-6-11(9-17)13-10-18-14(16-13)5-4-12-3-2-7-15-12/h10-12,15H,2-9H2,1H3. The summed E-state index contributed by atoms with van der Waals surface area (Å²) in [4.78, 5) is 7.26. The lowest BCUT2D eigenvalue weighted by atomic mass is 10.1. The average Bonchev–Trinajstić information content (AvgIpc) is 3.07. The van der Waals surface area contributed by atoms with E-state index in [4.69, 9.17) is 4.98 Å². The van der Waals surface area contributed by atoms with E-state index in [-0.39, 0.29) is 0 Å². The number of aryl methyl sites for hydroxylation is 1. The normalized spacial score (nSPS) is 29.2. The van der Waals surface area contributed by atoms with Gasteiger partial charge >= 0.3 is 0 Å². The molecule has 2 aliphatic heterocycles. The first-order valence-corrected chi connectivity index (χ1v) is 8.05. The number of hydrogen-bond acceptors (Lipinski definition) is 4. The predicted molar refractivity (Wildman–Crippen MR) is 76.3 cm³/mol. The third-order valence-electron chi connectivity index (χ3n) is 4.25. The molecule has 0 spiro atoms. The van der Waals surface area contributed by atoms with Crippen LogP contribution in [0.25, 0.3) is 0 Å². The number of rotatable bonds is 4. The van der Waals surface area contributed by atoms with Crippen LogP contribution in [0.5, 0.6) is 0 Å². The number of likely N-dealkylation sites (tertiary alicyclic amines) is 1. The van der Waals surface area contributed by atoms with Crippen molar-refractivity contribution in [3.05, 3.63) is 16.1 Å². The van der Waals surface area contributed by atoms with Crippen LogP contribution in [0, 0.1) is 0 Å². The Bertz CT molecular complexity index is 384. The van der Waals surface area contributed by atoms with E-state index in [9.17, 15) is 0 Å². The van der Waals surface area contributed by atoms with Crippen LogP contribution in [-0.2, 0) is 6.42 Å². The minimum atomic E-state index is 0.685. The molecule has 100 valence electrons. The molecule has 0 aliphatic carbocycles. The Labute approximate surface area is 114 Å². The Morgan fingerprint density at radius 1 is 1.50 bits per heavy atom. The van der Waals surface area contributed by atoms with Gasteiger partial charge in [-0.3, -0.25) is 0 Å². The Morgan fingerprint density at radius 2 is 2.44 bits per heavy atom. The summed E-state index contributed by atoms with van der Waals surface area (Å²) in [5, 5.41) is 7.20. The van der Waals surface area contributed by atoms with Crippen LogP contribution in [0.15, 0.2) is 5.38 Å². The molecule has 2 atom stereocenters. The first kappa shape index (κ1) is 12.6. The molecule has 0 aromatic carbocycles. The molecule has 2 aliphatic rings. The fourth-order valence-corrected chi connectivity index (χ4v) is 4.00. The first-order chi connectivity index (χ1) is 8.81. The largest absolute Gasteiger partial charge is 0.314 e. The average molecular weight is 265 g/mol. The molecular formula is C14H23N3S. The predicted octanol–water partition coefficient (Wildman–Crippen LogP) is 2.25. The quantitative estimate of drug-likeness (QED) is 0.905. The van der Waals surface area contributed by atoms with E-state index in [0.717, 1.165) is 12.5 Å². The van der Waals surface area contributed by atoms with Crippen molar-refractivity contribution in [2.24, 2.45) is 0 Å². The number of hydrogen-bond donors (Lipinski definition) is 1. The van der Waals surface area contributed by atoms with Gasteiger partial charge in [0.05, 0.1) is 10.7 Å². The van der Waals surface area contributed by atoms with E-state index in [1.807, 2.05) is 11.3 Å². The molecule has 0 radical (unpaired) electrons. The minimum absolute atomic E-state index is 0.685. The van der Waals surface area contributed by atoms with Gasteiger partial charge in [0.2, 0.25) is 0 Å². The Morgan fingerprint density at radius 3 is 3.17 bits per heavy atom. The molecule has 18 heavy (non-hydrogen) atoms. The molecule has 0 saturated carbocycles. The third-order valence-corrected chi connectivity index (χ3v) is 5.17. The van der Waals surface area contributed by atoms with Crippen molar-refractivity contribution in [2.45, 2.75) is 44.1 Å². The Kier molecular flexibility index (Phi) is 3.97. The summed E-state index contributed by atoms with van der Waals surface area (Å²) >= 11 is 1.86. The van der Waals surface area contributed by atoms with Gasteiger partial charge in [-0.1, -0.05) is 0 Å². The van der Waals surface area contributed by atoms with E-state index in [1.54, 1.807) is 0 Å². The highest BCUT2D eigenvalue weighted by Crippen LogP contribution is 2.27. The van der Waals surface area contributed by atoms with Crippen molar-refractivity contribution in [3.63, 3.8) is 0 Å². The molecule has 0 bridgehead atoms. The van der Waals surface area contributed by atoms with E-state index < -0.39 is 0 Å². The number of thiazole rings is 1. The highest BCUT2D eigenvalue weighted by Gasteiger charge is 2.23. The van der Waals surface area contributed by atoms with Crippen LogP contribution in [0.2, 0.25) is 0 Å². The van der Waals surface area contributed by atoms with Gasteiger partial charge in [0.25, 0.3) is 0 Å². The summed E-state index contributed by atoms with van der Waals surface area (Å²) in [6.07, 6.45) is 6.40. The molecule has 1 N–H and O–H groups in total. The molecule has 3 rings (SSSR count). The second-order valence-electron chi connectivity index (χ2n) is 5.75. The molecule has 3 heterocycles. The molecule has 3 nitrogen and oxygen atoms in total. The van der Waals surface area contributed by atoms with Crippen molar-refractivity contribution in [1.29, 1.82) is 0 Å². The van der Waals surface area contributed by atoms with Gasteiger partial charge in [0.15, 0.2) is 0 Å². The van der Waals surface area contributed by atoms with Crippen LogP contribution in [-0.4, -0.2) is 42.6 Å². The maximum atomic E-state index is 4.85. The molecule has 4 heteroatoms. The lowest BCUT2D eigenvalue weighted by Gasteiger charge is -2.08. The number of nitrogens with one attached hydrogen (secondary N) is 1. The molecule has 2 saturated heterocycles. The van der Waals surface area contributed by atoms with Crippen molar-refractivity contribution >= 4 is 11.3 Å². The second-order valence-corrected chi connectivity index (χ2v) is 6.69. The Balaban J connectivity index is 1.52. The number of aromatic nitrogens is 1. The minimum Gasteiger partial charge on any atom is -0.314 e. The van der Waals surface area contributed by atoms with E-state index in [2.05, 4.69) is 22.6 Å². The lowest BCUT2D eigenvalue weighted by molar-refractivity contribution is 0.411. The summed E-state index contributed by atoms with van der Waals surface area (Å²) in [5.74, 6) is 0.685. The summed E-state index contributed by atoms with van der Waals surface area (Å²) in [6.45, 7) is 3.62. The van der Waals surface area contributed by atoms with Crippen LogP contribution in [0.4, 0.5) is 0 Å². The van der Waals surface area contributed by atoms with Crippen molar-refractivity contribution < 1.29 is 0 Å². The maximum absolute atomic E-state index is 4.85. The van der Waals surface area contributed by atoms with Gasteiger partial charge in [-0.2, -0.15) is 0 Å². The molecule has 2 unspecified atom stereocenters. The molecule has 2 fully saturated rings. The smallest absolute Gasteiger partial charge is 0.0928 e. The Hall–Kier alpha value is -0.450. The van der Waals surface area contributed by atoms with Gasteiger partial charge in [-0.15, -0.1) is 11.3 Å². The fraction of sp³-hybridized carbons (Fsp3) is 0.786. The zero-order valence-electron chi connectivity index (χ0n) is 11.2. The zero-order chi connectivity index (χ0) is 12.4. The molecular weight excluding hydrogens is 242 g/mol. The molecule has 0 amide bonds. The van der Waals surface area contributed by atoms with Gasteiger partial charge in [-0.05, 0) is 45.8 Å². The highest BCUT2D eigenvalue weighted by molar-refractivity contribution is 7.09. The summed E-state index contributed by atoms with van der Waals surface area (Å²) in [6, 6.07) is 0.745. The van der Waals surface area contributed by atoms with Crippen molar-refractivity contribution in [2.75, 3.05) is 26.7 Å². The van der Waals surface area contributed by atoms with Gasteiger partial charge in [0.1, 0.15) is 0 Å². The van der Waals surface area contributed by atoms with Crippen LogP contribution < -0.4 is 5.32 Å². The molecule has 1 aromatic rings. The van der Waals surface area contributed by atoms with Gasteiger partial charge < -0.3 is 10.2 Å². The SMILES string of the molecule is CN1CCC(c2csc(CCC3CCCN3)n2)C1. The monoisotopic (exact) mass is 265 g/mol. The van der Waals surface area contributed by atoms with E-state index in [1.165, 1.54) is 56.0 Å². The maximum Gasteiger partial charge on any atom is 0.0928 e. The summed E-state index contributed by atoms with van der Waals surface area (Å²) in [7, 11) is 2.21. The summed E-state index contributed by atoms with van der Waals surface area (Å²) < 4.78 is 0. The first-order valence-electron chi connectivity index (χ1n) is 7.17. The topological polar surface area (TPSA) is 28.2 Å². The lowest BCUT2D eigenvalue weighted by Crippen LogP contribution is -2.21. The third kappa shape index (κ3) is 2.92. The van der Waals surface area contributed by atoms with E-state index in [0.29, 0.717) is 5.92 Å². The van der Waals surface area contributed by atoms with Crippen LogP contribution >= 0.6 is 11.3 Å². The highest BCUT2D eigenvalue weighted by atomic mass is 32.1. The van der Waals surface area contributed by atoms with Crippen LogP contribution in [0.3, 0.4) is 0 Å². The van der Waals surface area contributed by atoms with E-state index >= 15 is 0 Å².